The van der Waals surface area contributed by atoms with E-state index >= 15 is 0 Å². The average molecular weight is 334 g/mol. The Morgan fingerprint density at radius 2 is 1.91 bits per heavy atom. The van der Waals surface area contributed by atoms with Crippen LogP contribution in [-0.2, 0) is 24.2 Å². The lowest BCUT2D eigenvalue weighted by Crippen LogP contribution is -2.51. The first kappa shape index (κ1) is 18.9. The Hall–Kier alpha value is -1.15. The number of hydrogen-bond donors (Lipinski definition) is 2. The van der Waals surface area contributed by atoms with E-state index in [0.717, 1.165) is 0 Å². The molecule has 0 spiro atoms. The van der Waals surface area contributed by atoms with E-state index in [-0.39, 0.29) is 41.4 Å². The molecule has 0 unspecified atom stereocenters. The second-order valence-electron chi connectivity index (χ2n) is 5.83. The third-order valence-corrected chi connectivity index (χ3v) is 5.66. The van der Waals surface area contributed by atoms with Crippen LogP contribution in [0.1, 0.15) is 34.1 Å². The highest BCUT2D eigenvalue weighted by atomic mass is 32.2. The van der Waals surface area contributed by atoms with Gasteiger partial charge < -0.3 is 15.4 Å². The van der Waals surface area contributed by atoms with Crippen LogP contribution in [0, 0.1) is 5.92 Å². The fourth-order valence-corrected chi connectivity index (χ4v) is 4.00. The molecule has 128 valence electrons. The van der Waals surface area contributed by atoms with Crippen molar-refractivity contribution < 1.29 is 22.7 Å². The molecule has 1 fully saturated rings. The lowest BCUT2D eigenvalue weighted by Gasteiger charge is -2.24. The zero-order chi connectivity index (χ0) is 16.9. The van der Waals surface area contributed by atoms with Crippen LogP contribution in [0.4, 0.5) is 0 Å². The summed E-state index contributed by atoms with van der Waals surface area (Å²) in [5.41, 5.74) is 0. The SMILES string of the molecule is CCOC(=O)[C@H](C)[C@H](C)N[C@@H](C)C(=O)N[C@H]1CCS(=O)(=O)C1. The Morgan fingerprint density at radius 1 is 1.27 bits per heavy atom. The molecule has 1 aliphatic rings. The van der Waals surface area contributed by atoms with E-state index in [1.54, 1.807) is 20.8 Å². The number of nitrogens with one attached hydrogen (secondary N) is 2. The molecule has 1 saturated heterocycles. The van der Waals surface area contributed by atoms with Gasteiger partial charge in [0.1, 0.15) is 0 Å². The summed E-state index contributed by atoms with van der Waals surface area (Å²) in [5, 5.41) is 5.79. The van der Waals surface area contributed by atoms with Gasteiger partial charge in [0.25, 0.3) is 0 Å². The highest BCUT2D eigenvalue weighted by Gasteiger charge is 2.31. The van der Waals surface area contributed by atoms with Crippen molar-refractivity contribution in [2.75, 3.05) is 18.1 Å². The summed E-state index contributed by atoms with van der Waals surface area (Å²) in [4.78, 5) is 23.7. The minimum atomic E-state index is -3.02. The number of carbonyl (C=O) groups excluding carboxylic acids is 2. The van der Waals surface area contributed by atoms with Gasteiger partial charge in [-0.25, -0.2) is 8.42 Å². The first-order chi connectivity index (χ1) is 10.2. The Kier molecular flexibility index (Phi) is 6.80. The molecule has 0 aromatic rings. The number of hydrogen-bond acceptors (Lipinski definition) is 6. The van der Waals surface area contributed by atoms with E-state index in [2.05, 4.69) is 10.6 Å². The van der Waals surface area contributed by atoms with Crippen LogP contribution in [0.2, 0.25) is 0 Å². The molecule has 22 heavy (non-hydrogen) atoms. The van der Waals surface area contributed by atoms with E-state index in [1.165, 1.54) is 0 Å². The van der Waals surface area contributed by atoms with Gasteiger partial charge in [0.15, 0.2) is 9.84 Å². The smallest absolute Gasteiger partial charge is 0.310 e. The Morgan fingerprint density at radius 3 is 2.41 bits per heavy atom. The molecule has 1 heterocycles. The van der Waals surface area contributed by atoms with Crippen molar-refractivity contribution in [1.82, 2.24) is 10.6 Å². The summed E-state index contributed by atoms with van der Waals surface area (Å²) < 4.78 is 27.7. The molecule has 1 rings (SSSR count). The summed E-state index contributed by atoms with van der Waals surface area (Å²) in [7, 11) is -3.02. The lowest BCUT2D eigenvalue weighted by molar-refractivity contribution is -0.148. The van der Waals surface area contributed by atoms with Gasteiger partial charge in [0.2, 0.25) is 5.91 Å². The minimum Gasteiger partial charge on any atom is -0.466 e. The fourth-order valence-electron chi connectivity index (χ4n) is 2.33. The van der Waals surface area contributed by atoms with Gasteiger partial charge in [0.05, 0.1) is 30.1 Å². The van der Waals surface area contributed by atoms with E-state index < -0.39 is 15.9 Å². The van der Waals surface area contributed by atoms with Crippen molar-refractivity contribution in [2.45, 2.75) is 52.2 Å². The first-order valence-corrected chi connectivity index (χ1v) is 9.42. The molecule has 7 nitrogen and oxygen atoms in total. The van der Waals surface area contributed by atoms with Crippen LogP contribution >= 0.6 is 0 Å². The molecule has 4 atom stereocenters. The second-order valence-corrected chi connectivity index (χ2v) is 8.06. The third kappa shape index (κ3) is 5.57. The lowest BCUT2D eigenvalue weighted by atomic mass is 10.0. The van der Waals surface area contributed by atoms with E-state index in [9.17, 15) is 18.0 Å². The number of esters is 1. The molecule has 0 aromatic carbocycles. The van der Waals surface area contributed by atoms with Crippen molar-refractivity contribution in [1.29, 1.82) is 0 Å². The fraction of sp³-hybridized carbons (Fsp3) is 0.857. The predicted octanol–water partition coefficient (Wildman–Crippen LogP) is -0.144. The Labute approximate surface area is 132 Å². The van der Waals surface area contributed by atoms with Crippen LogP contribution in [0.15, 0.2) is 0 Å². The van der Waals surface area contributed by atoms with Gasteiger partial charge in [-0.2, -0.15) is 0 Å². The predicted molar refractivity (Wildman–Crippen MR) is 83.1 cm³/mol. The molecule has 0 aromatic heterocycles. The number of amides is 1. The standard InChI is InChI=1S/C14H26N2O5S/c1-5-21-14(18)9(2)10(3)15-11(4)13(17)16-12-6-7-22(19,20)8-12/h9-12,15H,5-8H2,1-4H3,(H,16,17)/t9-,10+,11+,12+/m1/s1. The molecule has 8 heteroatoms. The van der Waals surface area contributed by atoms with Gasteiger partial charge in [-0.15, -0.1) is 0 Å². The molecule has 0 radical (unpaired) electrons. The topological polar surface area (TPSA) is 102 Å². The van der Waals surface area contributed by atoms with E-state index in [1.807, 2.05) is 6.92 Å². The van der Waals surface area contributed by atoms with Gasteiger partial charge in [0, 0.05) is 12.1 Å². The van der Waals surface area contributed by atoms with Crippen LogP contribution < -0.4 is 10.6 Å². The molecular formula is C14H26N2O5S. The number of carbonyl (C=O) groups is 2. The van der Waals surface area contributed by atoms with Crippen LogP contribution in [0.25, 0.3) is 0 Å². The summed E-state index contributed by atoms with van der Waals surface area (Å²) in [6.07, 6.45) is 0.454. The molecule has 1 amide bonds. The average Bonchev–Trinajstić information content (AvgIpc) is 2.76. The summed E-state index contributed by atoms with van der Waals surface area (Å²) >= 11 is 0. The van der Waals surface area contributed by atoms with Crippen LogP contribution in [-0.4, -0.2) is 56.5 Å². The highest BCUT2D eigenvalue weighted by molar-refractivity contribution is 7.91. The third-order valence-electron chi connectivity index (χ3n) is 3.89. The van der Waals surface area contributed by atoms with Crippen LogP contribution in [0.3, 0.4) is 0 Å². The summed E-state index contributed by atoms with van der Waals surface area (Å²) in [6, 6.07) is -1.07. The maximum atomic E-state index is 12.1. The van der Waals surface area contributed by atoms with Gasteiger partial charge in [-0.05, 0) is 27.2 Å². The van der Waals surface area contributed by atoms with E-state index in [0.29, 0.717) is 13.0 Å². The number of sulfone groups is 1. The monoisotopic (exact) mass is 334 g/mol. The first-order valence-electron chi connectivity index (χ1n) is 7.59. The summed E-state index contributed by atoms with van der Waals surface area (Å²) in [6.45, 7) is 7.30. The van der Waals surface area contributed by atoms with Crippen molar-refractivity contribution in [3.8, 4) is 0 Å². The summed E-state index contributed by atoms with van der Waals surface area (Å²) in [5.74, 6) is -0.819. The Bertz CT molecular complexity index is 505. The zero-order valence-corrected chi connectivity index (χ0v) is 14.4. The van der Waals surface area contributed by atoms with Gasteiger partial charge in [-0.1, -0.05) is 6.92 Å². The maximum Gasteiger partial charge on any atom is 0.310 e. The normalized spacial score (nSPS) is 24.3. The molecule has 0 aliphatic carbocycles. The second kappa shape index (κ2) is 7.92. The van der Waals surface area contributed by atoms with Crippen molar-refractivity contribution in [3.05, 3.63) is 0 Å². The maximum absolute atomic E-state index is 12.1. The van der Waals surface area contributed by atoms with Crippen LogP contribution in [0.5, 0.6) is 0 Å². The van der Waals surface area contributed by atoms with Crippen molar-refractivity contribution in [3.63, 3.8) is 0 Å². The quantitative estimate of drug-likeness (QED) is 0.628. The Balaban J connectivity index is 2.45. The van der Waals surface area contributed by atoms with Crippen molar-refractivity contribution in [2.24, 2.45) is 5.92 Å². The van der Waals surface area contributed by atoms with E-state index in [4.69, 9.17) is 4.74 Å². The molecular weight excluding hydrogens is 308 g/mol. The number of ether oxygens (including phenoxy) is 1. The minimum absolute atomic E-state index is 0.000240. The molecule has 1 aliphatic heterocycles. The molecule has 2 N–H and O–H groups in total. The zero-order valence-electron chi connectivity index (χ0n) is 13.6. The largest absolute Gasteiger partial charge is 0.466 e. The highest BCUT2D eigenvalue weighted by Crippen LogP contribution is 2.12. The molecule has 0 bridgehead atoms. The number of rotatable bonds is 7. The van der Waals surface area contributed by atoms with Gasteiger partial charge in [-0.3, -0.25) is 9.59 Å². The van der Waals surface area contributed by atoms with Gasteiger partial charge >= 0.3 is 5.97 Å². The van der Waals surface area contributed by atoms with Crippen molar-refractivity contribution >= 4 is 21.7 Å². The molecule has 0 saturated carbocycles.